The molecular weight excluding hydrogens is 228 g/mol. The lowest BCUT2D eigenvalue weighted by Gasteiger charge is -2.15. The maximum absolute atomic E-state index is 11.3. The molecule has 1 aliphatic rings. The van der Waals surface area contributed by atoms with Crippen LogP contribution in [-0.4, -0.2) is 30.8 Å². The highest BCUT2D eigenvalue weighted by molar-refractivity contribution is 5.83. The number of carbonyl (C=O) groups is 3. The lowest BCUT2D eigenvalue weighted by atomic mass is 9.99. The van der Waals surface area contributed by atoms with Crippen molar-refractivity contribution in [1.82, 2.24) is 0 Å². The smallest absolute Gasteiger partial charge is 0.347 e. The van der Waals surface area contributed by atoms with Gasteiger partial charge in [0.15, 0.2) is 6.61 Å². The Balaban J connectivity index is 2.39. The van der Waals surface area contributed by atoms with Gasteiger partial charge in [0.2, 0.25) is 0 Å². The molecule has 0 aromatic rings. The molecular formula is C11H14O6. The van der Waals surface area contributed by atoms with Crippen LogP contribution in [0.3, 0.4) is 0 Å². The van der Waals surface area contributed by atoms with E-state index in [-0.39, 0.29) is 11.8 Å². The SMILES string of the molecule is C=CC(=O)OCC(=O)OC1OC(=O)C(C)C1C. The Kier molecular flexibility index (Phi) is 4.25. The molecule has 6 heteroatoms. The first-order valence-corrected chi connectivity index (χ1v) is 5.15. The summed E-state index contributed by atoms with van der Waals surface area (Å²) in [5.74, 6) is -2.42. The van der Waals surface area contributed by atoms with Crippen LogP contribution in [0, 0.1) is 11.8 Å². The van der Waals surface area contributed by atoms with Crippen LogP contribution in [0.15, 0.2) is 12.7 Å². The predicted octanol–water partition coefficient (Wildman–Crippen LogP) is 0.414. The lowest BCUT2D eigenvalue weighted by Crippen LogP contribution is -2.26. The van der Waals surface area contributed by atoms with Gasteiger partial charge in [0, 0.05) is 12.0 Å². The second-order valence-electron chi connectivity index (χ2n) is 3.75. The van der Waals surface area contributed by atoms with Crippen LogP contribution in [0.2, 0.25) is 0 Å². The Morgan fingerprint density at radius 3 is 2.59 bits per heavy atom. The predicted molar refractivity (Wildman–Crippen MR) is 55.5 cm³/mol. The molecule has 0 radical (unpaired) electrons. The van der Waals surface area contributed by atoms with Crippen molar-refractivity contribution >= 4 is 17.9 Å². The third-order valence-corrected chi connectivity index (χ3v) is 2.57. The molecule has 3 atom stereocenters. The van der Waals surface area contributed by atoms with Gasteiger partial charge in [0.05, 0.1) is 5.92 Å². The molecule has 94 valence electrons. The summed E-state index contributed by atoms with van der Waals surface area (Å²) in [7, 11) is 0. The quantitative estimate of drug-likeness (QED) is 0.525. The lowest BCUT2D eigenvalue weighted by molar-refractivity contribution is -0.185. The van der Waals surface area contributed by atoms with Gasteiger partial charge in [0.1, 0.15) is 0 Å². The zero-order valence-corrected chi connectivity index (χ0v) is 9.67. The first kappa shape index (κ1) is 13.2. The number of cyclic esters (lactones) is 1. The van der Waals surface area contributed by atoms with Gasteiger partial charge >= 0.3 is 17.9 Å². The molecule has 0 saturated carbocycles. The van der Waals surface area contributed by atoms with Crippen molar-refractivity contribution in [2.24, 2.45) is 11.8 Å². The molecule has 1 heterocycles. The molecule has 0 aromatic carbocycles. The summed E-state index contributed by atoms with van der Waals surface area (Å²) in [5, 5.41) is 0. The minimum absolute atomic E-state index is 0.221. The van der Waals surface area contributed by atoms with E-state index in [4.69, 9.17) is 9.47 Å². The summed E-state index contributed by atoms with van der Waals surface area (Å²) in [6.07, 6.45) is 0.0283. The summed E-state index contributed by atoms with van der Waals surface area (Å²) in [6.45, 7) is 6.08. The number of hydrogen-bond acceptors (Lipinski definition) is 6. The fourth-order valence-corrected chi connectivity index (χ4v) is 1.26. The Labute approximate surface area is 98.5 Å². The highest BCUT2D eigenvalue weighted by atomic mass is 16.7. The molecule has 0 aliphatic carbocycles. The minimum atomic E-state index is -0.910. The minimum Gasteiger partial charge on any atom is -0.451 e. The van der Waals surface area contributed by atoms with Crippen LogP contribution < -0.4 is 0 Å². The van der Waals surface area contributed by atoms with Crippen LogP contribution in [0.5, 0.6) is 0 Å². The molecule has 1 fully saturated rings. The first-order valence-electron chi connectivity index (χ1n) is 5.15. The molecule has 6 nitrogen and oxygen atoms in total. The fourth-order valence-electron chi connectivity index (χ4n) is 1.26. The number of hydrogen-bond donors (Lipinski definition) is 0. The third kappa shape index (κ3) is 3.30. The summed E-state index contributed by atoms with van der Waals surface area (Å²) in [5.41, 5.74) is 0. The number of carbonyl (C=O) groups excluding carboxylic acids is 3. The fraction of sp³-hybridized carbons (Fsp3) is 0.545. The Morgan fingerprint density at radius 1 is 1.47 bits per heavy atom. The van der Waals surface area contributed by atoms with E-state index in [1.165, 1.54) is 0 Å². The van der Waals surface area contributed by atoms with Crippen LogP contribution in [0.4, 0.5) is 0 Å². The molecule has 1 rings (SSSR count). The van der Waals surface area contributed by atoms with Crippen molar-refractivity contribution in [3.8, 4) is 0 Å². The monoisotopic (exact) mass is 242 g/mol. The molecule has 17 heavy (non-hydrogen) atoms. The van der Waals surface area contributed by atoms with Crippen molar-refractivity contribution in [2.75, 3.05) is 6.61 Å². The number of rotatable bonds is 4. The van der Waals surface area contributed by atoms with E-state index in [0.29, 0.717) is 0 Å². The molecule has 1 aliphatic heterocycles. The molecule has 0 spiro atoms. The maximum Gasteiger partial charge on any atom is 0.347 e. The summed E-state index contributed by atoms with van der Waals surface area (Å²) >= 11 is 0. The zero-order valence-electron chi connectivity index (χ0n) is 9.67. The van der Waals surface area contributed by atoms with Crippen molar-refractivity contribution in [1.29, 1.82) is 0 Å². The van der Waals surface area contributed by atoms with Crippen molar-refractivity contribution in [3.05, 3.63) is 12.7 Å². The van der Waals surface area contributed by atoms with Crippen molar-refractivity contribution in [3.63, 3.8) is 0 Å². The largest absolute Gasteiger partial charge is 0.451 e. The van der Waals surface area contributed by atoms with E-state index in [1.54, 1.807) is 13.8 Å². The summed E-state index contributed by atoms with van der Waals surface area (Å²) < 4.78 is 14.2. The average molecular weight is 242 g/mol. The van der Waals surface area contributed by atoms with Crippen LogP contribution >= 0.6 is 0 Å². The highest BCUT2D eigenvalue weighted by Gasteiger charge is 2.41. The Bertz CT molecular complexity index is 348. The highest BCUT2D eigenvalue weighted by Crippen LogP contribution is 2.28. The third-order valence-electron chi connectivity index (χ3n) is 2.57. The van der Waals surface area contributed by atoms with Crippen LogP contribution in [0.25, 0.3) is 0 Å². The number of esters is 3. The van der Waals surface area contributed by atoms with Gasteiger partial charge in [-0.2, -0.15) is 0 Å². The van der Waals surface area contributed by atoms with E-state index < -0.39 is 30.8 Å². The number of ether oxygens (including phenoxy) is 3. The van der Waals surface area contributed by atoms with Crippen molar-refractivity contribution < 1.29 is 28.6 Å². The second-order valence-corrected chi connectivity index (χ2v) is 3.75. The molecule has 3 unspecified atom stereocenters. The first-order chi connectivity index (χ1) is 7.95. The second kappa shape index (κ2) is 5.47. The maximum atomic E-state index is 11.3. The molecule has 0 N–H and O–H groups in total. The van der Waals surface area contributed by atoms with Crippen molar-refractivity contribution in [2.45, 2.75) is 20.1 Å². The van der Waals surface area contributed by atoms with E-state index in [1.807, 2.05) is 0 Å². The van der Waals surface area contributed by atoms with Gasteiger partial charge in [-0.25, -0.2) is 9.59 Å². The van der Waals surface area contributed by atoms with E-state index in [2.05, 4.69) is 11.3 Å². The topological polar surface area (TPSA) is 78.9 Å². The summed E-state index contributed by atoms with van der Waals surface area (Å²) in [6, 6.07) is 0. The van der Waals surface area contributed by atoms with Gasteiger partial charge in [-0.3, -0.25) is 4.79 Å². The molecule has 0 bridgehead atoms. The van der Waals surface area contributed by atoms with E-state index >= 15 is 0 Å². The summed E-state index contributed by atoms with van der Waals surface area (Å²) in [4.78, 5) is 33.1. The Morgan fingerprint density at radius 2 is 2.12 bits per heavy atom. The Hall–Kier alpha value is -1.85. The normalized spacial score (nSPS) is 27.2. The average Bonchev–Trinajstić information content (AvgIpc) is 2.54. The van der Waals surface area contributed by atoms with E-state index in [9.17, 15) is 14.4 Å². The molecule has 0 aromatic heterocycles. The van der Waals surface area contributed by atoms with Crippen LogP contribution in [-0.2, 0) is 28.6 Å². The van der Waals surface area contributed by atoms with E-state index in [0.717, 1.165) is 6.08 Å². The molecule has 0 amide bonds. The van der Waals surface area contributed by atoms with Gasteiger partial charge in [0.25, 0.3) is 6.29 Å². The zero-order chi connectivity index (χ0) is 13.0. The van der Waals surface area contributed by atoms with Gasteiger partial charge < -0.3 is 14.2 Å². The van der Waals surface area contributed by atoms with Crippen LogP contribution in [0.1, 0.15) is 13.8 Å². The standard InChI is InChI=1S/C11H14O6/c1-4-8(12)15-5-9(13)16-11-7(3)6(2)10(14)17-11/h4,6-7,11H,1,5H2,2-3H3. The molecule has 1 saturated heterocycles. The van der Waals surface area contributed by atoms with Gasteiger partial charge in [-0.1, -0.05) is 20.4 Å². The van der Waals surface area contributed by atoms with Gasteiger partial charge in [-0.15, -0.1) is 0 Å². The van der Waals surface area contributed by atoms with Gasteiger partial charge in [-0.05, 0) is 0 Å².